The Hall–Kier alpha value is -1.81. The number of amides is 1. The van der Waals surface area contributed by atoms with Crippen molar-refractivity contribution in [2.45, 2.75) is 200 Å². The Morgan fingerprint density at radius 2 is 1.02 bits per heavy atom. The summed E-state index contributed by atoms with van der Waals surface area (Å²) in [5, 5.41) is 0. The quantitative estimate of drug-likeness (QED) is 0.0510. The Kier molecular flexibility index (Phi) is 33.2. The molecule has 284 valence electrons. The molecule has 1 saturated heterocycles. The second-order valence-corrected chi connectivity index (χ2v) is 14.7. The van der Waals surface area contributed by atoms with Crippen LogP contribution < -0.4 is 0 Å². The minimum absolute atomic E-state index is 0.0800. The molecule has 1 amide bonds. The van der Waals surface area contributed by atoms with E-state index in [9.17, 15) is 4.79 Å². The number of hydrogen-bond acceptors (Lipinski definition) is 3. The Morgan fingerprint density at radius 3 is 1.47 bits per heavy atom. The number of carbonyl (C=O) groups excluding carboxylic acids is 1. The summed E-state index contributed by atoms with van der Waals surface area (Å²) in [6, 6.07) is 0.565. The van der Waals surface area contributed by atoms with Crippen molar-refractivity contribution in [3.8, 4) is 0 Å². The minimum atomic E-state index is -0.0800. The third-order valence-electron chi connectivity index (χ3n) is 10.1. The summed E-state index contributed by atoms with van der Waals surface area (Å²) < 4.78 is 5.85. The number of nitrogens with zero attached hydrogens (tertiary/aromatic N) is 2. The molecule has 0 spiro atoms. The zero-order valence-electron chi connectivity index (χ0n) is 33.0. The molecule has 0 saturated carbocycles. The van der Waals surface area contributed by atoms with E-state index in [4.69, 9.17) is 4.74 Å². The van der Waals surface area contributed by atoms with Gasteiger partial charge in [-0.05, 0) is 110 Å². The fraction of sp³-hybridized carbons (Fsp3) is 0.800. The summed E-state index contributed by atoms with van der Waals surface area (Å²) in [4.78, 5) is 17.6. The smallest absolute Gasteiger partial charge is 0.409 e. The van der Waals surface area contributed by atoms with E-state index in [1.165, 1.54) is 154 Å². The SMILES string of the molecule is CCCCCC=CCC=CCCCCCCCCN(CCCCCCCCC=CCC=CCCCCC)C(=O)OCCC1CCCCN1C. The maximum Gasteiger partial charge on any atom is 0.409 e. The third-order valence-corrected chi connectivity index (χ3v) is 10.1. The molecule has 1 unspecified atom stereocenters. The number of allylic oxidation sites excluding steroid dienone is 8. The average molecular weight is 683 g/mol. The largest absolute Gasteiger partial charge is 0.449 e. The summed E-state index contributed by atoms with van der Waals surface area (Å²) in [7, 11) is 2.22. The monoisotopic (exact) mass is 683 g/mol. The summed E-state index contributed by atoms with van der Waals surface area (Å²) in [5.41, 5.74) is 0. The van der Waals surface area contributed by atoms with Crippen molar-refractivity contribution in [1.29, 1.82) is 0 Å². The highest BCUT2D eigenvalue weighted by molar-refractivity contribution is 5.67. The van der Waals surface area contributed by atoms with Crippen LogP contribution in [-0.4, -0.2) is 55.2 Å². The Bertz CT molecular complexity index is 784. The van der Waals surface area contributed by atoms with Gasteiger partial charge in [0.1, 0.15) is 0 Å². The van der Waals surface area contributed by atoms with E-state index in [0.717, 1.165) is 45.2 Å². The summed E-state index contributed by atoms with van der Waals surface area (Å²) in [6.45, 7) is 7.94. The molecule has 0 N–H and O–H groups in total. The van der Waals surface area contributed by atoms with Crippen LogP contribution in [-0.2, 0) is 4.74 Å². The predicted molar refractivity (Wildman–Crippen MR) is 217 cm³/mol. The Balaban J connectivity index is 2.21. The van der Waals surface area contributed by atoms with Crippen LogP contribution in [0.3, 0.4) is 0 Å². The molecular formula is C45H82N2O2. The predicted octanol–water partition coefficient (Wildman–Crippen LogP) is 13.9. The van der Waals surface area contributed by atoms with E-state index < -0.39 is 0 Å². The molecule has 1 fully saturated rings. The maximum absolute atomic E-state index is 13.1. The van der Waals surface area contributed by atoms with Crippen LogP contribution in [0.15, 0.2) is 48.6 Å². The molecule has 1 atom stereocenters. The first-order valence-electron chi connectivity index (χ1n) is 21.4. The van der Waals surface area contributed by atoms with Crippen molar-refractivity contribution in [3.63, 3.8) is 0 Å². The van der Waals surface area contributed by atoms with E-state index in [0.29, 0.717) is 12.6 Å². The lowest BCUT2D eigenvalue weighted by Gasteiger charge is -2.32. The molecule has 4 nitrogen and oxygen atoms in total. The van der Waals surface area contributed by atoms with Crippen LogP contribution in [0.4, 0.5) is 4.79 Å². The zero-order chi connectivity index (χ0) is 35.3. The molecule has 0 aliphatic carbocycles. The lowest BCUT2D eigenvalue weighted by Crippen LogP contribution is -2.38. The molecule has 1 aliphatic heterocycles. The van der Waals surface area contributed by atoms with Crippen molar-refractivity contribution in [1.82, 2.24) is 9.80 Å². The van der Waals surface area contributed by atoms with Crippen LogP contribution in [0.1, 0.15) is 194 Å². The third kappa shape index (κ3) is 29.6. The Morgan fingerprint density at radius 1 is 0.592 bits per heavy atom. The van der Waals surface area contributed by atoms with Crippen molar-refractivity contribution in [3.05, 3.63) is 48.6 Å². The number of carbonyl (C=O) groups is 1. The van der Waals surface area contributed by atoms with Gasteiger partial charge in [0.15, 0.2) is 0 Å². The first-order chi connectivity index (χ1) is 24.2. The van der Waals surface area contributed by atoms with E-state index in [1.807, 2.05) is 4.90 Å². The van der Waals surface area contributed by atoms with Crippen molar-refractivity contribution >= 4 is 6.09 Å². The van der Waals surface area contributed by atoms with Gasteiger partial charge in [0.25, 0.3) is 0 Å². The van der Waals surface area contributed by atoms with Crippen LogP contribution >= 0.6 is 0 Å². The highest BCUT2D eigenvalue weighted by Crippen LogP contribution is 2.18. The second kappa shape index (κ2) is 36.0. The van der Waals surface area contributed by atoms with Gasteiger partial charge in [0, 0.05) is 19.1 Å². The molecule has 0 bridgehead atoms. The molecule has 1 heterocycles. The van der Waals surface area contributed by atoms with Gasteiger partial charge in [0.2, 0.25) is 0 Å². The first kappa shape index (κ1) is 45.2. The molecule has 0 aromatic heterocycles. The molecule has 0 aromatic rings. The molecule has 1 aliphatic rings. The fourth-order valence-electron chi connectivity index (χ4n) is 6.76. The summed E-state index contributed by atoms with van der Waals surface area (Å²) in [6.07, 6.45) is 53.3. The van der Waals surface area contributed by atoms with E-state index in [-0.39, 0.29) is 6.09 Å². The summed E-state index contributed by atoms with van der Waals surface area (Å²) in [5.74, 6) is 0. The molecular weight excluding hydrogens is 601 g/mol. The van der Waals surface area contributed by atoms with Gasteiger partial charge in [-0.1, -0.05) is 146 Å². The molecule has 49 heavy (non-hydrogen) atoms. The van der Waals surface area contributed by atoms with Gasteiger partial charge in [-0.2, -0.15) is 0 Å². The summed E-state index contributed by atoms with van der Waals surface area (Å²) >= 11 is 0. The lowest BCUT2D eigenvalue weighted by molar-refractivity contribution is 0.0839. The second-order valence-electron chi connectivity index (χ2n) is 14.7. The molecule has 0 radical (unpaired) electrons. The number of piperidine rings is 1. The van der Waals surface area contributed by atoms with Gasteiger partial charge in [-0.15, -0.1) is 0 Å². The molecule has 4 heteroatoms. The van der Waals surface area contributed by atoms with Crippen LogP contribution in [0.5, 0.6) is 0 Å². The van der Waals surface area contributed by atoms with Crippen molar-refractivity contribution < 1.29 is 9.53 Å². The number of rotatable bonds is 33. The molecule has 0 aromatic carbocycles. The van der Waals surface area contributed by atoms with Crippen molar-refractivity contribution in [2.75, 3.05) is 33.3 Å². The highest BCUT2D eigenvalue weighted by atomic mass is 16.6. The van der Waals surface area contributed by atoms with Crippen molar-refractivity contribution in [2.24, 2.45) is 0 Å². The fourth-order valence-corrected chi connectivity index (χ4v) is 6.76. The maximum atomic E-state index is 13.1. The number of unbranched alkanes of at least 4 members (excludes halogenated alkanes) is 18. The molecule has 1 rings (SSSR count). The van der Waals surface area contributed by atoms with Gasteiger partial charge >= 0.3 is 6.09 Å². The van der Waals surface area contributed by atoms with Gasteiger partial charge < -0.3 is 14.5 Å². The highest BCUT2D eigenvalue weighted by Gasteiger charge is 2.20. The first-order valence-corrected chi connectivity index (χ1v) is 21.4. The Labute approximate surface area is 306 Å². The average Bonchev–Trinajstić information content (AvgIpc) is 3.11. The standard InChI is InChI=1S/C45H82N2O2/c1-4-6-8-10-12-14-16-18-20-22-24-26-28-30-32-35-41-47(45(48)49-43-39-44-38-34-37-40-46(44)3)42-36-33-31-29-27-25-23-21-19-17-15-13-11-9-7-5-2/h12-15,18-21,44H,4-11,16-17,22-43H2,1-3H3. The van der Waals surface area contributed by atoms with E-state index in [1.54, 1.807) is 0 Å². The normalized spacial score (nSPS) is 15.9. The topological polar surface area (TPSA) is 32.8 Å². The number of likely N-dealkylation sites (tertiary alicyclic amines) is 1. The lowest BCUT2D eigenvalue weighted by atomic mass is 10.0. The van der Waals surface area contributed by atoms with E-state index >= 15 is 0 Å². The van der Waals surface area contributed by atoms with Crippen LogP contribution in [0.25, 0.3) is 0 Å². The number of hydrogen-bond donors (Lipinski definition) is 0. The van der Waals surface area contributed by atoms with Crippen LogP contribution in [0, 0.1) is 0 Å². The van der Waals surface area contributed by atoms with Crippen LogP contribution in [0.2, 0.25) is 0 Å². The van der Waals surface area contributed by atoms with Gasteiger partial charge in [0.05, 0.1) is 6.61 Å². The van der Waals surface area contributed by atoms with Gasteiger partial charge in [-0.3, -0.25) is 0 Å². The minimum Gasteiger partial charge on any atom is -0.449 e. The number of ether oxygens (including phenoxy) is 1. The van der Waals surface area contributed by atoms with E-state index in [2.05, 4.69) is 74.4 Å². The van der Waals surface area contributed by atoms with Gasteiger partial charge in [-0.25, -0.2) is 4.79 Å². The zero-order valence-corrected chi connectivity index (χ0v) is 33.0.